The van der Waals surface area contributed by atoms with Crippen LogP contribution in [0.5, 0.6) is 11.5 Å². The number of carbonyl (C=O) groups is 1. The maximum absolute atomic E-state index is 13.3. The van der Waals surface area contributed by atoms with Gasteiger partial charge in [0.05, 0.1) is 27.2 Å². The Morgan fingerprint density at radius 3 is 2.02 bits per heavy atom. The maximum Gasteiger partial charge on any atom is 0.280 e. The van der Waals surface area contributed by atoms with Crippen molar-refractivity contribution in [1.29, 1.82) is 0 Å². The zero-order valence-electron chi connectivity index (χ0n) is 34.2. The predicted octanol–water partition coefficient (Wildman–Crippen LogP) is 7.38. The standard InChI is InChI=1S/C44H49N6O8PS/c1-6-50(7-2,8-3)58-59(60)57-36-27-38(49-29-45-39-40(49)46-43(48-42(39)52)47-41(51)30-15-11-9-12-16-30)56-37(36)28-55-44(31-17-13-10-14-18-31,32-19-23-34(53-4)24-20-32)33-21-25-35(54-5)26-22-33/h9-26,29,36-38,59H,6-8,27-28H2,1-5H3,(H-,46,47,48,51,52)/p+1/t36-,37+,38+/m0/s1. The molecule has 3 heterocycles. The fraction of sp³-hybridized carbons (Fsp3) is 0.318. The lowest BCUT2D eigenvalue weighted by Gasteiger charge is -2.37. The summed E-state index contributed by atoms with van der Waals surface area (Å²) < 4.78 is 40.4. The Morgan fingerprint density at radius 1 is 0.883 bits per heavy atom. The van der Waals surface area contributed by atoms with E-state index in [9.17, 15) is 9.59 Å². The lowest BCUT2D eigenvalue weighted by molar-refractivity contribution is -1.08. The molecule has 1 aliphatic rings. The second-order valence-corrected chi connectivity index (χ2v) is 16.2. The van der Waals surface area contributed by atoms with E-state index in [-0.39, 0.29) is 23.7 Å². The Bertz CT molecular complexity index is 2340. The number of fused-ring (bicyclic) bond motifs is 1. The number of quaternary nitrogens is 1. The van der Waals surface area contributed by atoms with Gasteiger partial charge in [-0.1, -0.05) is 77.4 Å². The molecule has 4 aromatic carbocycles. The van der Waals surface area contributed by atoms with E-state index in [4.69, 9.17) is 40.3 Å². The minimum Gasteiger partial charge on any atom is -0.497 e. The molecule has 14 nitrogen and oxygen atoms in total. The van der Waals surface area contributed by atoms with E-state index in [2.05, 4.69) is 41.0 Å². The van der Waals surface area contributed by atoms with Gasteiger partial charge >= 0.3 is 0 Å². The summed E-state index contributed by atoms with van der Waals surface area (Å²) in [5, 5.41) is 2.70. The fourth-order valence-corrected chi connectivity index (χ4v) is 9.65. The molecule has 314 valence electrons. The van der Waals surface area contributed by atoms with Gasteiger partial charge in [-0.15, -0.1) is 4.65 Å². The molecule has 16 heteroatoms. The summed E-state index contributed by atoms with van der Waals surface area (Å²) in [7, 11) is 1.01. The number of rotatable bonds is 18. The number of aromatic nitrogens is 4. The van der Waals surface area contributed by atoms with Crippen molar-refractivity contribution in [2.45, 2.75) is 51.2 Å². The molecule has 0 aliphatic carbocycles. The molecule has 1 amide bonds. The Labute approximate surface area is 355 Å². The molecule has 1 unspecified atom stereocenters. The third-order valence-electron chi connectivity index (χ3n) is 11.1. The van der Waals surface area contributed by atoms with Crippen molar-refractivity contribution in [1.82, 2.24) is 19.5 Å². The van der Waals surface area contributed by atoms with E-state index in [1.165, 1.54) is 6.33 Å². The van der Waals surface area contributed by atoms with Gasteiger partial charge < -0.3 is 31.2 Å². The number of benzene rings is 4. The first-order chi connectivity index (χ1) is 29.1. The van der Waals surface area contributed by atoms with E-state index >= 15 is 0 Å². The summed E-state index contributed by atoms with van der Waals surface area (Å²) >= 11 is 5.94. The number of methoxy groups -OCH3 is 2. The summed E-state index contributed by atoms with van der Waals surface area (Å²) in [6, 6.07) is 34.3. The van der Waals surface area contributed by atoms with Crippen molar-refractivity contribution in [3.8, 4) is 11.5 Å². The monoisotopic (exact) mass is 853 g/mol. The highest BCUT2D eigenvalue weighted by Gasteiger charge is 2.45. The van der Waals surface area contributed by atoms with Crippen molar-refractivity contribution < 1.29 is 37.5 Å². The van der Waals surface area contributed by atoms with Crippen LogP contribution < -0.4 is 20.3 Å². The Balaban J connectivity index is 1.26. The number of amides is 1. The molecule has 0 saturated carbocycles. The van der Waals surface area contributed by atoms with Crippen LogP contribution in [-0.2, 0) is 36.5 Å². The number of nitrogens with one attached hydrogen (secondary N) is 2. The minimum atomic E-state index is -2.26. The van der Waals surface area contributed by atoms with Crippen molar-refractivity contribution in [2.75, 3.05) is 45.8 Å². The van der Waals surface area contributed by atoms with E-state index in [0.29, 0.717) is 28.1 Å². The van der Waals surface area contributed by atoms with Crippen LogP contribution in [0.3, 0.4) is 0 Å². The van der Waals surface area contributed by atoms with Crippen LogP contribution in [0.4, 0.5) is 5.95 Å². The van der Waals surface area contributed by atoms with Crippen molar-refractivity contribution in [3.63, 3.8) is 0 Å². The average molecular weight is 854 g/mol. The number of hydrogen-bond acceptors (Lipinski definition) is 11. The smallest absolute Gasteiger partial charge is 0.280 e. The average Bonchev–Trinajstić information content (AvgIpc) is 3.91. The summed E-state index contributed by atoms with van der Waals surface area (Å²) in [5.41, 5.74) is 1.66. The number of anilines is 1. The molecule has 1 saturated heterocycles. The van der Waals surface area contributed by atoms with Gasteiger partial charge in [-0.3, -0.25) is 24.5 Å². The molecule has 2 aromatic heterocycles. The van der Waals surface area contributed by atoms with Crippen molar-refractivity contribution >= 4 is 42.8 Å². The normalized spacial score (nSPS) is 17.4. The molecule has 4 atom stereocenters. The number of nitrogens with zero attached hydrogens (tertiary/aromatic N) is 4. The van der Waals surface area contributed by atoms with E-state index in [0.717, 1.165) is 36.3 Å². The lowest BCUT2D eigenvalue weighted by atomic mass is 9.80. The molecule has 0 spiro atoms. The molecule has 0 bridgehead atoms. The van der Waals surface area contributed by atoms with Gasteiger partial charge in [-0.25, -0.2) is 9.51 Å². The predicted molar refractivity (Wildman–Crippen MR) is 233 cm³/mol. The van der Waals surface area contributed by atoms with Crippen LogP contribution >= 0.6 is 7.58 Å². The molecule has 7 rings (SSSR count). The van der Waals surface area contributed by atoms with Gasteiger partial charge in [-0.05, 0) is 73.9 Å². The number of carbonyl (C=O) groups excluding carboxylic acids is 1. The van der Waals surface area contributed by atoms with Crippen LogP contribution in [0, 0.1) is 0 Å². The molecule has 1 aliphatic heterocycles. The SMILES string of the molecule is CC[N+](CC)(CC)O[PH+]([S-])O[C@H]1C[C@H](n2cnc3c(=O)[nH]c(NC(=O)c4ccccc4)nc32)O[C@@H]1COC(c1ccccc1)(c1ccc(OC)cc1)c1ccc(OC)cc1. The summed E-state index contributed by atoms with van der Waals surface area (Å²) in [6.07, 6.45) is -0.161. The highest BCUT2D eigenvalue weighted by atomic mass is 32.7. The largest absolute Gasteiger partial charge is 0.497 e. The minimum absolute atomic E-state index is 0.0299. The first-order valence-corrected chi connectivity index (χ1v) is 22.3. The van der Waals surface area contributed by atoms with Crippen molar-refractivity contribution in [3.05, 3.63) is 148 Å². The quantitative estimate of drug-likeness (QED) is 0.0293. The molecule has 0 radical (unpaired) electrons. The van der Waals surface area contributed by atoms with Crippen LogP contribution in [-0.4, -0.2) is 82.7 Å². The third kappa shape index (κ3) is 8.98. The van der Waals surface area contributed by atoms with Gasteiger partial charge in [0.1, 0.15) is 55.2 Å². The lowest BCUT2D eigenvalue weighted by Crippen LogP contribution is -2.46. The highest BCUT2D eigenvalue weighted by Crippen LogP contribution is 2.47. The first-order valence-electron chi connectivity index (χ1n) is 19.9. The van der Waals surface area contributed by atoms with Gasteiger partial charge in [0.2, 0.25) is 13.5 Å². The number of hydroxylamine groups is 3. The fourth-order valence-electron chi connectivity index (χ4n) is 7.56. The van der Waals surface area contributed by atoms with Crippen molar-refractivity contribution in [2.24, 2.45) is 0 Å². The van der Waals surface area contributed by atoms with Crippen LogP contribution in [0.15, 0.2) is 120 Å². The van der Waals surface area contributed by atoms with Gasteiger partial charge in [0, 0.05) is 12.0 Å². The highest BCUT2D eigenvalue weighted by molar-refractivity contribution is 8.29. The van der Waals surface area contributed by atoms with Crippen LogP contribution in [0.1, 0.15) is 60.5 Å². The number of hydrogen-bond donors (Lipinski definition) is 2. The van der Waals surface area contributed by atoms with E-state index in [1.54, 1.807) is 43.1 Å². The number of H-pyrrole nitrogens is 1. The zero-order valence-corrected chi connectivity index (χ0v) is 36.0. The molecule has 6 aromatic rings. The number of ether oxygens (including phenoxy) is 4. The topological polar surface area (TPSA) is 148 Å². The molecule has 2 N–H and O–H groups in total. The van der Waals surface area contributed by atoms with E-state index < -0.39 is 43.1 Å². The van der Waals surface area contributed by atoms with Gasteiger partial charge in [-0.2, -0.15) is 4.98 Å². The van der Waals surface area contributed by atoms with Gasteiger partial charge in [0.15, 0.2) is 11.2 Å². The first kappa shape index (κ1) is 43.0. The third-order valence-corrected chi connectivity index (χ3v) is 12.6. The summed E-state index contributed by atoms with van der Waals surface area (Å²) in [5.74, 6) is 0.949. The Morgan fingerprint density at radius 2 is 1.45 bits per heavy atom. The second kappa shape index (κ2) is 19.1. The summed E-state index contributed by atoms with van der Waals surface area (Å²) in [6.45, 7) is 8.44. The second-order valence-electron chi connectivity index (χ2n) is 14.2. The molecular weight excluding hydrogens is 804 g/mol. The Hall–Kier alpha value is -5.12. The van der Waals surface area contributed by atoms with E-state index in [1.807, 2.05) is 84.9 Å². The Kier molecular flexibility index (Phi) is 13.7. The molecule has 60 heavy (non-hydrogen) atoms. The van der Waals surface area contributed by atoms with Crippen LogP contribution in [0.25, 0.3) is 11.2 Å². The zero-order chi connectivity index (χ0) is 42.3. The molecular formula is C44H50N6O8PS+. The molecule has 1 fully saturated rings. The van der Waals surface area contributed by atoms with Crippen LogP contribution in [0.2, 0.25) is 0 Å². The number of aromatic amines is 1. The number of imidazole rings is 1. The summed E-state index contributed by atoms with van der Waals surface area (Å²) in [4.78, 5) is 38.0. The van der Waals surface area contributed by atoms with Gasteiger partial charge in [0.25, 0.3) is 11.5 Å². The maximum atomic E-state index is 13.3.